The number of anilines is 1. The molecule has 1 aromatic carbocycles. The molecule has 3 rings (SSSR count). The first-order valence-electron chi connectivity index (χ1n) is 8.71. The maximum atomic E-state index is 12.3. The minimum absolute atomic E-state index is 0.0761. The summed E-state index contributed by atoms with van der Waals surface area (Å²) in [6, 6.07) is 5.22. The van der Waals surface area contributed by atoms with Crippen LogP contribution in [0, 0.1) is 6.92 Å². The van der Waals surface area contributed by atoms with Crippen LogP contribution in [0.3, 0.4) is 0 Å². The third-order valence-corrected chi connectivity index (χ3v) is 4.48. The lowest BCUT2D eigenvalue weighted by molar-refractivity contribution is -0.121. The predicted molar refractivity (Wildman–Crippen MR) is 99.7 cm³/mol. The highest BCUT2D eigenvalue weighted by Crippen LogP contribution is 2.34. The maximum Gasteiger partial charge on any atom is 0.253 e. The minimum Gasteiger partial charge on any atom is -0.489 e. The first kappa shape index (κ1) is 18.7. The van der Waals surface area contributed by atoms with Crippen molar-refractivity contribution in [3.8, 4) is 5.75 Å². The lowest BCUT2D eigenvalue weighted by Gasteiger charge is -2.35. The molecule has 9 nitrogen and oxygen atoms in total. The number of amides is 2. The van der Waals surface area contributed by atoms with E-state index in [2.05, 4.69) is 20.5 Å². The van der Waals surface area contributed by atoms with Gasteiger partial charge in [0.05, 0.1) is 24.7 Å². The van der Waals surface area contributed by atoms with Gasteiger partial charge in [-0.05, 0) is 25.1 Å². The Bertz CT molecular complexity index is 847. The van der Waals surface area contributed by atoms with Gasteiger partial charge >= 0.3 is 0 Å². The second-order valence-corrected chi connectivity index (χ2v) is 6.78. The molecule has 0 unspecified atom stereocenters. The summed E-state index contributed by atoms with van der Waals surface area (Å²) < 4.78 is 5.79. The van der Waals surface area contributed by atoms with Crippen LogP contribution in [0.1, 0.15) is 28.4 Å². The standard InChI is InChI=1S/C18H24N6O3/c1-11-20-16(22-21-11)9-19-17(25)8-13-10-27-15-6-5-12(18(26)23(2)3)7-14(15)24(13)4/h5-7,13H,8-10H2,1-4H3,(H,19,25)(H,20,21,22)/t13-/m1/s1. The Labute approximate surface area is 157 Å². The number of fused-ring (bicyclic) bond motifs is 1. The van der Waals surface area contributed by atoms with Crippen molar-refractivity contribution < 1.29 is 14.3 Å². The van der Waals surface area contributed by atoms with Crippen LogP contribution in [-0.4, -0.2) is 65.7 Å². The predicted octanol–water partition coefficient (Wildman–Crippen LogP) is 0.719. The Morgan fingerprint density at radius 1 is 1.41 bits per heavy atom. The molecule has 144 valence electrons. The number of H-pyrrole nitrogens is 1. The SMILES string of the molecule is Cc1nc(CNC(=O)C[C@@H]2COc3ccc(C(=O)N(C)C)cc3N2C)n[nH]1. The topological polar surface area (TPSA) is 103 Å². The summed E-state index contributed by atoms with van der Waals surface area (Å²) in [6.07, 6.45) is 0.269. The fourth-order valence-electron chi connectivity index (χ4n) is 2.93. The number of rotatable bonds is 5. The van der Waals surface area contributed by atoms with Crippen LogP contribution in [0.4, 0.5) is 5.69 Å². The van der Waals surface area contributed by atoms with Gasteiger partial charge in [-0.25, -0.2) is 4.98 Å². The molecule has 2 heterocycles. The second kappa shape index (κ2) is 7.65. The summed E-state index contributed by atoms with van der Waals surface area (Å²) in [5.41, 5.74) is 1.38. The van der Waals surface area contributed by atoms with E-state index < -0.39 is 0 Å². The van der Waals surface area contributed by atoms with E-state index in [1.807, 2.05) is 11.9 Å². The number of ether oxygens (including phenoxy) is 1. The number of hydrogen-bond donors (Lipinski definition) is 2. The summed E-state index contributed by atoms with van der Waals surface area (Å²) >= 11 is 0. The van der Waals surface area contributed by atoms with Crippen LogP contribution in [0.15, 0.2) is 18.2 Å². The fourth-order valence-corrected chi connectivity index (χ4v) is 2.93. The zero-order chi connectivity index (χ0) is 19.6. The smallest absolute Gasteiger partial charge is 0.253 e. The molecule has 9 heteroatoms. The Morgan fingerprint density at radius 2 is 2.19 bits per heavy atom. The highest BCUT2D eigenvalue weighted by atomic mass is 16.5. The van der Waals surface area contributed by atoms with Crippen molar-refractivity contribution in [1.82, 2.24) is 25.4 Å². The van der Waals surface area contributed by atoms with Gasteiger partial charge in [-0.3, -0.25) is 14.7 Å². The van der Waals surface area contributed by atoms with Crippen LogP contribution in [-0.2, 0) is 11.3 Å². The number of carbonyl (C=O) groups is 2. The third kappa shape index (κ3) is 4.18. The van der Waals surface area contributed by atoms with E-state index in [1.54, 1.807) is 39.2 Å². The van der Waals surface area contributed by atoms with Crippen molar-refractivity contribution in [2.45, 2.75) is 25.9 Å². The molecule has 0 spiro atoms. The number of likely N-dealkylation sites (N-methyl/N-ethyl adjacent to an activating group) is 1. The minimum atomic E-state index is -0.129. The van der Waals surface area contributed by atoms with Gasteiger partial charge in [0.1, 0.15) is 18.2 Å². The number of carbonyl (C=O) groups excluding carboxylic acids is 2. The van der Waals surface area contributed by atoms with Gasteiger partial charge in [-0.15, -0.1) is 0 Å². The molecule has 1 aliphatic rings. The zero-order valence-electron chi connectivity index (χ0n) is 15.9. The molecule has 0 fully saturated rings. The summed E-state index contributed by atoms with van der Waals surface area (Å²) in [4.78, 5) is 32.2. The van der Waals surface area contributed by atoms with Gasteiger partial charge in [0.25, 0.3) is 5.91 Å². The first-order valence-corrected chi connectivity index (χ1v) is 8.71. The van der Waals surface area contributed by atoms with Crippen molar-refractivity contribution in [3.05, 3.63) is 35.4 Å². The Morgan fingerprint density at radius 3 is 2.85 bits per heavy atom. The average Bonchev–Trinajstić information content (AvgIpc) is 3.07. The van der Waals surface area contributed by atoms with E-state index in [-0.39, 0.29) is 30.8 Å². The van der Waals surface area contributed by atoms with Crippen LogP contribution in [0.5, 0.6) is 5.75 Å². The summed E-state index contributed by atoms with van der Waals surface area (Å²) in [5, 5.41) is 9.56. The van der Waals surface area contributed by atoms with Crippen molar-refractivity contribution in [2.75, 3.05) is 32.6 Å². The van der Waals surface area contributed by atoms with Crippen LogP contribution >= 0.6 is 0 Å². The molecular formula is C18H24N6O3. The first-order chi connectivity index (χ1) is 12.8. The molecule has 2 N–H and O–H groups in total. The number of nitrogens with zero attached hydrogens (tertiary/aromatic N) is 4. The van der Waals surface area contributed by atoms with Gasteiger partial charge in [0.2, 0.25) is 5.91 Å². The number of benzene rings is 1. The van der Waals surface area contributed by atoms with Gasteiger partial charge in [-0.2, -0.15) is 5.10 Å². The van der Waals surface area contributed by atoms with Crippen LogP contribution in [0.2, 0.25) is 0 Å². The molecule has 0 saturated heterocycles. The van der Waals surface area contributed by atoms with Gasteiger partial charge in [-0.1, -0.05) is 0 Å². The number of aryl methyl sites for hydroxylation is 1. The lowest BCUT2D eigenvalue weighted by atomic mass is 10.1. The van der Waals surface area contributed by atoms with Crippen molar-refractivity contribution in [2.24, 2.45) is 0 Å². The summed E-state index contributed by atoms with van der Waals surface area (Å²) in [7, 11) is 5.33. The number of hydrogen-bond acceptors (Lipinski definition) is 6. The van der Waals surface area contributed by atoms with E-state index in [0.717, 1.165) is 5.69 Å². The van der Waals surface area contributed by atoms with E-state index >= 15 is 0 Å². The van der Waals surface area contributed by atoms with Gasteiger partial charge < -0.3 is 19.9 Å². The molecule has 0 radical (unpaired) electrons. The maximum absolute atomic E-state index is 12.3. The van der Waals surface area contributed by atoms with E-state index in [1.165, 1.54) is 4.90 Å². The quantitative estimate of drug-likeness (QED) is 0.802. The Kier molecular flexibility index (Phi) is 5.29. The molecule has 1 aliphatic heterocycles. The normalized spacial score (nSPS) is 15.7. The molecule has 2 aromatic rings. The molecular weight excluding hydrogens is 348 g/mol. The second-order valence-electron chi connectivity index (χ2n) is 6.78. The monoisotopic (exact) mass is 372 g/mol. The van der Waals surface area contributed by atoms with Crippen molar-refractivity contribution in [1.29, 1.82) is 0 Å². The van der Waals surface area contributed by atoms with E-state index in [9.17, 15) is 9.59 Å². The molecule has 2 amide bonds. The van der Waals surface area contributed by atoms with Gasteiger partial charge in [0, 0.05) is 26.7 Å². The highest BCUT2D eigenvalue weighted by molar-refractivity contribution is 5.95. The fraction of sp³-hybridized carbons (Fsp3) is 0.444. The Hall–Kier alpha value is -3.10. The lowest BCUT2D eigenvalue weighted by Crippen LogP contribution is -2.43. The molecule has 0 aliphatic carbocycles. The molecule has 1 aromatic heterocycles. The summed E-state index contributed by atoms with van der Waals surface area (Å²) in [6.45, 7) is 2.48. The van der Waals surface area contributed by atoms with Gasteiger partial charge in [0.15, 0.2) is 5.82 Å². The van der Waals surface area contributed by atoms with E-state index in [4.69, 9.17) is 4.74 Å². The zero-order valence-corrected chi connectivity index (χ0v) is 15.9. The van der Waals surface area contributed by atoms with Crippen LogP contribution in [0.25, 0.3) is 0 Å². The Balaban J connectivity index is 1.64. The average molecular weight is 372 g/mol. The van der Waals surface area contributed by atoms with E-state index in [0.29, 0.717) is 29.6 Å². The van der Waals surface area contributed by atoms with Crippen molar-refractivity contribution >= 4 is 17.5 Å². The number of nitrogens with one attached hydrogen (secondary N) is 2. The largest absolute Gasteiger partial charge is 0.489 e. The third-order valence-electron chi connectivity index (χ3n) is 4.48. The highest BCUT2D eigenvalue weighted by Gasteiger charge is 2.27. The number of aromatic nitrogens is 3. The van der Waals surface area contributed by atoms with Crippen LogP contribution < -0.4 is 15.0 Å². The van der Waals surface area contributed by atoms with Crippen molar-refractivity contribution in [3.63, 3.8) is 0 Å². The summed E-state index contributed by atoms with van der Waals surface area (Å²) in [5.74, 6) is 1.78. The molecule has 27 heavy (non-hydrogen) atoms. The molecule has 0 bridgehead atoms. The molecule has 1 atom stereocenters. The number of aromatic amines is 1. The molecule has 0 saturated carbocycles.